The minimum absolute atomic E-state index is 0.0750. The van der Waals surface area contributed by atoms with Crippen LogP contribution in [0.1, 0.15) is 46.1 Å². The maximum absolute atomic E-state index is 11.8. The molecule has 0 bridgehead atoms. The summed E-state index contributed by atoms with van der Waals surface area (Å²) in [5.41, 5.74) is 0.800. The fourth-order valence-electron chi connectivity index (χ4n) is 2.13. The second-order valence-corrected chi connectivity index (χ2v) is 5.73. The fourth-order valence-corrected chi connectivity index (χ4v) is 2.13. The summed E-state index contributed by atoms with van der Waals surface area (Å²) in [7, 11) is 0. The van der Waals surface area contributed by atoms with E-state index in [1.807, 2.05) is 52.0 Å². The van der Waals surface area contributed by atoms with Crippen molar-refractivity contribution in [3.63, 3.8) is 0 Å². The van der Waals surface area contributed by atoms with Crippen LogP contribution in [0.4, 0.5) is 0 Å². The molecule has 128 valence electrons. The van der Waals surface area contributed by atoms with Gasteiger partial charge in [0.05, 0.1) is 12.5 Å². The van der Waals surface area contributed by atoms with Gasteiger partial charge in [0, 0.05) is 6.04 Å². The third-order valence-corrected chi connectivity index (χ3v) is 3.33. The summed E-state index contributed by atoms with van der Waals surface area (Å²) in [5, 5.41) is 2.83. The summed E-state index contributed by atoms with van der Waals surface area (Å²) >= 11 is 0. The zero-order valence-electron chi connectivity index (χ0n) is 14.4. The maximum Gasteiger partial charge on any atom is 0.310 e. The molecule has 5 nitrogen and oxygen atoms in total. The van der Waals surface area contributed by atoms with Crippen molar-refractivity contribution in [2.45, 2.75) is 59.1 Å². The second-order valence-electron chi connectivity index (χ2n) is 5.73. The van der Waals surface area contributed by atoms with Crippen LogP contribution in [0.25, 0.3) is 0 Å². The number of benzene rings is 1. The first-order valence-corrected chi connectivity index (χ1v) is 8.15. The summed E-state index contributed by atoms with van der Waals surface area (Å²) in [6.07, 6.45) is 1.91. The first-order valence-electron chi connectivity index (χ1n) is 8.15. The molecule has 1 rings (SSSR count). The first kappa shape index (κ1) is 19.0. The van der Waals surface area contributed by atoms with Crippen LogP contribution in [0.3, 0.4) is 0 Å². The zero-order chi connectivity index (χ0) is 17.2. The van der Waals surface area contributed by atoms with E-state index in [-0.39, 0.29) is 31.1 Å². The molecule has 0 radical (unpaired) electrons. The van der Waals surface area contributed by atoms with Crippen LogP contribution in [-0.2, 0) is 20.7 Å². The molecular weight excluding hydrogens is 294 g/mol. The number of carbonyl (C=O) groups excluding carboxylic acids is 2. The van der Waals surface area contributed by atoms with Gasteiger partial charge in [-0.05, 0) is 44.4 Å². The van der Waals surface area contributed by atoms with Gasteiger partial charge in [0.15, 0.2) is 6.61 Å². The maximum atomic E-state index is 11.8. The highest BCUT2D eigenvalue weighted by Crippen LogP contribution is 2.15. The Morgan fingerprint density at radius 3 is 2.48 bits per heavy atom. The highest BCUT2D eigenvalue weighted by molar-refractivity contribution is 5.81. The van der Waals surface area contributed by atoms with E-state index in [0.29, 0.717) is 0 Å². The Kier molecular flexibility index (Phi) is 8.16. The molecule has 5 heteroatoms. The van der Waals surface area contributed by atoms with E-state index in [4.69, 9.17) is 9.47 Å². The number of esters is 1. The van der Waals surface area contributed by atoms with Crippen molar-refractivity contribution < 1.29 is 19.1 Å². The van der Waals surface area contributed by atoms with Gasteiger partial charge in [-0.3, -0.25) is 9.59 Å². The Hall–Kier alpha value is -2.04. The van der Waals surface area contributed by atoms with Crippen molar-refractivity contribution in [2.24, 2.45) is 0 Å². The molecule has 0 atom stereocenters. The van der Waals surface area contributed by atoms with Crippen molar-refractivity contribution in [3.8, 4) is 5.75 Å². The van der Waals surface area contributed by atoms with E-state index in [1.54, 1.807) is 0 Å². The van der Waals surface area contributed by atoms with E-state index in [1.165, 1.54) is 0 Å². The molecule has 1 N–H and O–H groups in total. The molecule has 0 spiro atoms. The Bertz CT molecular complexity index is 509. The van der Waals surface area contributed by atoms with Crippen molar-refractivity contribution >= 4 is 11.9 Å². The normalized spacial score (nSPS) is 10.7. The van der Waals surface area contributed by atoms with Gasteiger partial charge in [-0.25, -0.2) is 0 Å². The van der Waals surface area contributed by atoms with Crippen LogP contribution < -0.4 is 10.1 Å². The third kappa shape index (κ3) is 7.68. The van der Waals surface area contributed by atoms with Crippen LogP contribution in [-0.4, -0.2) is 30.6 Å². The van der Waals surface area contributed by atoms with Crippen LogP contribution in [0, 0.1) is 0 Å². The van der Waals surface area contributed by atoms with Gasteiger partial charge in [0.2, 0.25) is 0 Å². The number of rotatable bonds is 9. The van der Waals surface area contributed by atoms with E-state index in [2.05, 4.69) is 5.32 Å². The number of amides is 1. The molecule has 0 aromatic heterocycles. The summed E-state index contributed by atoms with van der Waals surface area (Å²) < 4.78 is 10.6. The average Bonchev–Trinajstić information content (AvgIpc) is 2.50. The van der Waals surface area contributed by atoms with Crippen LogP contribution in [0.15, 0.2) is 24.3 Å². The lowest BCUT2D eigenvalue weighted by Crippen LogP contribution is -2.37. The van der Waals surface area contributed by atoms with E-state index < -0.39 is 5.97 Å². The minimum Gasteiger partial charge on any atom is -0.491 e. The second kappa shape index (κ2) is 9.87. The molecule has 0 aliphatic carbocycles. The molecule has 23 heavy (non-hydrogen) atoms. The zero-order valence-corrected chi connectivity index (χ0v) is 14.4. The molecule has 1 aromatic carbocycles. The summed E-state index contributed by atoms with van der Waals surface area (Å²) in [6, 6.07) is 7.45. The molecule has 0 aliphatic heterocycles. The lowest BCUT2D eigenvalue weighted by molar-refractivity contribution is -0.148. The molecule has 0 aliphatic rings. The molecule has 1 aromatic rings. The summed E-state index contributed by atoms with van der Waals surface area (Å²) in [5.74, 6) is 0.0344. The SMILES string of the molecule is CCC(CC)NC(=O)COC(=O)Cc1cccc(OC(C)C)c1. The Balaban J connectivity index is 2.43. The molecule has 0 saturated carbocycles. The van der Waals surface area contributed by atoms with Gasteiger partial charge in [-0.15, -0.1) is 0 Å². The van der Waals surface area contributed by atoms with E-state index in [0.717, 1.165) is 24.2 Å². The van der Waals surface area contributed by atoms with Gasteiger partial charge in [-0.2, -0.15) is 0 Å². The number of nitrogens with one attached hydrogen (secondary N) is 1. The van der Waals surface area contributed by atoms with E-state index in [9.17, 15) is 9.59 Å². The molecular formula is C18H27NO4. The fraction of sp³-hybridized carbons (Fsp3) is 0.556. The third-order valence-electron chi connectivity index (χ3n) is 3.33. The summed E-state index contributed by atoms with van der Waals surface area (Å²) in [6.45, 7) is 7.66. The monoisotopic (exact) mass is 321 g/mol. The number of carbonyl (C=O) groups is 2. The number of ether oxygens (including phenoxy) is 2. The van der Waals surface area contributed by atoms with Crippen molar-refractivity contribution in [2.75, 3.05) is 6.61 Å². The van der Waals surface area contributed by atoms with Crippen molar-refractivity contribution in [1.29, 1.82) is 0 Å². The van der Waals surface area contributed by atoms with Crippen molar-refractivity contribution in [3.05, 3.63) is 29.8 Å². The van der Waals surface area contributed by atoms with Gasteiger partial charge in [0.1, 0.15) is 5.75 Å². The molecule has 1 amide bonds. The van der Waals surface area contributed by atoms with Gasteiger partial charge in [-0.1, -0.05) is 26.0 Å². The average molecular weight is 321 g/mol. The lowest BCUT2D eigenvalue weighted by Gasteiger charge is -2.14. The Morgan fingerprint density at radius 2 is 1.87 bits per heavy atom. The first-order chi connectivity index (χ1) is 10.9. The van der Waals surface area contributed by atoms with Crippen LogP contribution >= 0.6 is 0 Å². The van der Waals surface area contributed by atoms with Crippen LogP contribution in [0.5, 0.6) is 5.75 Å². The Labute approximate surface area is 138 Å². The molecule has 0 fully saturated rings. The predicted molar refractivity (Wildman–Crippen MR) is 89.4 cm³/mol. The quantitative estimate of drug-likeness (QED) is 0.710. The van der Waals surface area contributed by atoms with Crippen molar-refractivity contribution in [1.82, 2.24) is 5.32 Å². The molecule has 0 saturated heterocycles. The van der Waals surface area contributed by atoms with Gasteiger partial charge in [0.25, 0.3) is 5.91 Å². The summed E-state index contributed by atoms with van der Waals surface area (Å²) in [4.78, 5) is 23.5. The van der Waals surface area contributed by atoms with E-state index >= 15 is 0 Å². The lowest BCUT2D eigenvalue weighted by atomic mass is 10.1. The van der Waals surface area contributed by atoms with Crippen LogP contribution in [0.2, 0.25) is 0 Å². The molecule has 0 unspecified atom stereocenters. The minimum atomic E-state index is -0.425. The van der Waals surface area contributed by atoms with Gasteiger partial charge >= 0.3 is 5.97 Å². The number of hydrogen-bond acceptors (Lipinski definition) is 4. The highest BCUT2D eigenvalue weighted by atomic mass is 16.5. The number of hydrogen-bond donors (Lipinski definition) is 1. The topological polar surface area (TPSA) is 64.6 Å². The molecule has 0 heterocycles. The Morgan fingerprint density at radius 1 is 1.17 bits per heavy atom. The smallest absolute Gasteiger partial charge is 0.310 e. The van der Waals surface area contributed by atoms with Gasteiger partial charge < -0.3 is 14.8 Å². The standard InChI is InChI=1S/C18H27NO4/c1-5-15(6-2)19-17(20)12-22-18(21)11-14-8-7-9-16(10-14)23-13(3)4/h7-10,13,15H,5-6,11-12H2,1-4H3,(H,19,20). The highest BCUT2D eigenvalue weighted by Gasteiger charge is 2.12. The largest absolute Gasteiger partial charge is 0.491 e. The predicted octanol–water partition coefficient (Wildman–Crippen LogP) is 2.86.